The molecule has 262 valence electrons. The third-order valence-corrected chi connectivity index (χ3v) is 12.3. The van der Waals surface area contributed by atoms with Crippen molar-refractivity contribution in [1.82, 2.24) is 4.57 Å². The summed E-state index contributed by atoms with van der Waals surface area (Å²) in [5, 5.41) is 5.11. The molecule has 11 rings (SSSR count). The molecule has 11 aromatic rings. The standard InChI is InChI=1S/C54H35NS/c1-4-12-36(13-5-1)38-16-10-17-39(30-38)40-18-11-19-41(31-40)44-24-28-53-49(34-44)50-35-45(25-29-54(50)56-53)43-23-27-52-48(33-43)47-32-42(37-14-6-2-7-15-37)22-26-51(47)55(52)46-20-8-3-9-21-46/h1-35H. The van der Waals surface area contributed by atoms with Crippen LogP contribution in [0, 0.1) is 0 Å². The normalized spacial score (nSPS) is 11.6. The van der Waals surface area contributed by atoms with E-state index in [1.54, 1.807) is 0 Å². The fourth-order valence-corrected chi connectivity index (χ4v) is 9.46. The second-order valence-electron chi connectivity index (χ2n) is 14.6. The highest BCUT2D eigenvalue weighted by atomic mass is 32.1. The van der Waals surface area contributed by atoms with Gasteiger partial charge in [-0.3, -0.25) is 0 Å². The van der Waals surface area contributed by atoms with Crippen LogP contribution in [0.25, 0.3) is 103 Å². The van der Waals surface area contributed by atoms with E-state index in [4.69, 9.17) is 0 Å². The number of para-hydroxylation sites is 1. The molecular weight excluding hydrogens is 695 g/mol. The van der Waals surface area contributed by atoms with Crippen LogP contribution in [0.1, 0.15) is 0 Å². The SMILES string of the molecule is c1ccc(-c2cccc(-c3cccc(-c4ccc5sc6ccc(-c7ccc8c(c7)c7cc(-c9ccccc9)ccc7n8-c7ccccc7)cc6c5c4)c3)c2)cc1. The Morgan fingerprint density at radius 3 is 1.05 bits per heavy atom. The molecule has 0 aliphatic carbocycles. The van der Waals surface area contributed by atoms with Gasteiger partial charge in [0, 0.05) is 36.6 Å². The molecule has 0 atom stereocenters. The first-order valence-electron chi connectivity index (χ1n) is 19.2. The van der Waals surface area contributed by atoms with E-state index < -0.39 is 0 Å². The van der Waals surface area contributed by atoms with Crippen LogP contribution in [0.15, 0.2) is 212 Å². The van der Waals surface area contributed by atoms with Crippen molar-refractivity contribution in [2.45, 2.75) is 0 Å². The van der Waals surface area contributed by atoms with Gasteiger partial charge in [0.1, 0.15) is 0 Å². The van der Waals surface area contributed by atoms with Gasteiger partial charge in [-0.1, -0.05) is 140 Å². The molecule has 2 aromatic heterocycles. The molecule has 2 heterocycles. The zero-order valence-electron chi connectivity index (χ0n) is 30.6. The Bertz CT molecular complexity index is 3230. The number of thiophene rings is 1. The third kappa shape index (κ3) is 5.62. The quantitative estimate of drug-likeness (QED) is 0.161. The lowest BCUT2D eigenvalue weighted by Crippen LogP contribution is -1.93. The molecule has 0 aliphatic rings. The molecule has 0 saturated heterocycles. The highest BCUT2D eigenvalue weighted by molar-refractivity contribution is 7.25. The number of hydrogen-bond donors (Lipinski definition) is 0. The van der Waals surface area contributed by atoms with Crippen LogP contribution in [0.4, 0.5) is 0 Å². The zero-order valence-corrected chi connectivity index (χ0v) is 31.4. The second-order valence-corrected chi connectivity index (χ2v) is 15.6. The molecular formula is C54H35NS. The summed E-state index contributed by atoms with van der Waals surface area (Å²) in [6.45, 7) is 0. The van der Waals surface area contributed by atoms with Gasteiger partial charge in [0.15, 0.2) is 0 Å². The smallest absolute Gasteiger partial charge is 0.0541 e. The summed E-state index contributed by atoms with van der Waals surface area (Å²) in [7, 11) is 0. The Labute approximate surface area is 330 Å². The predicted molar refractivity (Wildman–Crippen MR) is 241 cm³/mol. The second kappa shape index (κ2) is 13.4. The number of benzene rings is 9. The van der Waals surface area contributed by atoms with Crippen LogP contribution in [0.2, 0.25) is 0 Å². The minimum atomic E-state index is 1.17. The Morgan fingerprint density at radius 1 is 0.250 bits per heavy atom. The fraction of sp³-hybridized carbons (Fsp3) is 0. The van der Waals surface area contributed by atoms with Crippen molar-refractivity contribution in [3.05, 3.63) is 212 Å². The van der Waals surface area contributed by atoms with E-state index in [1.165, 1.54) is 103 Å². The molecule has 9 aromatic carbocycles. The van der Waals surface area contributed by atoms with Crippen LogP contribution in [0.5, 0.6) is 0 Å². The van der Waals surface area contributed by atoms with Crippen molar-refractivity contribution < 1.29 is 0 Å². The monoisotopic (exact) mass is 729 g/mol. The molecule has 0 N–H and O–H groups in total. The molecule has 0 saturated carbocycles. The van der Waals surface area contributed by atoms with Crippen LogP contribution < -0.4 is 0 Å². The van der Waals surface area contributed by atoms with E-state index in [1.807, 2.05) is 11.3 Å². The molecule has 2 heteroatoms. The lowest BCUT2D eigenvalue weighted by Gasteiger charge is -2.09. The lowest BCUT2D eigenvalue weighted by atomic mass is 9.95. The van der Waals surface area contributed by atoms with Crippen molar-refractivity contribution in [3.63, 3.8) is 0 Å². The summed E-state index contributed by atoms with van der Waals surface area (Å²) in [5.74, 6) is 0. The van der Waals surface area contributed by atoms with E-state index in [0.717, 1.165) is 0 Å². The molecule has 0 bridgehead atoms. The Morgan fingerprint density at radius 2 is 0.589 bits per heavy atom. The Kier molecular flexibility index (Phi) is 7.75. The van der Waals surface area contributed by atoms with Gasteiger partial charge in [-0.15, -0.1) is 11.3 Å². The van der Waals surface area contributed by atoms with Gasteiger partial charge in [-0.2, -0.15) is 0 Å². The third-order valence-electron chi connectivity index (χ3n) is 11.2. The number of hydrogen-bond acceptors (Lipinski definition) is 1. The zero-order chi connectivity index (χ0) is 37.0. The van der Waals surface area contributed by atoms with Gasteiger partial charge in [0.25, 0.3) is 0 Å². The van der Waals surface area contributed by atoms with Crippen molar-refractivity contribution in [2.75, 3.05) is 0 Å². The summed E-state index contributed by atoms with van der Waals surface area (Å²) in [6, 6.07) is 77.7. The largest absolute Gasteiger partial charge is 0.309 e. The molecule has 0 aliphatic heterocycles. The summed E-state index contributed by atoms with van der Waals surface area (Å²) in [6.07, 6.45) is 0. The van der Waals surface area contributed by atoms with Gasteiger partial charge in [0.2, 0.25) is 0 Å². The van der Waals surface area contributed by atoms with E-state index in [-0.39, 0.29) is 0 Å². The molecule has 0 amide bonds. The van der Waals surface area contributed by atoms with E-state index >= 15 is 0 Å². The maximum Gasteiger partial charge on any atom is 0.0541 e. The van der Waals surface area contributed by atoms with E-state index in [0.29, 0.717) is 0 Å². The van der Waals surface area contributed by atoms with Crippen LogP contribution >= 0.6 is 11.3 Å². The number of aromatic nitrogens is 1. The van der Waals surface area contributed by atoms with Crippen molar-refractivity contribution in [2.24, 2.45) is 0 Å². The first-order chi connectivity index (χ1) is 27.7. The van der Waals surface area contributed by atoms with E-state index in [2.05, 4.69) is 217 Å². The topological polar surface area (TPSA) is 4.93 Å². The molecule has 56 heavy (non-hydrogen) atoms. The van der Waals surface area contributed by atoms with Gasteiger partial charge in [0.05, 0.1) is 11.0 Å². The molecule has 0 fully saturated rings. The Balaban J connectivity index is 1.01. The van der Waals surface area contributed by atoms with Gasteiger partial charge < -0.3 is 4.57 Å². The maximum absolute atomic E-state index is 2.40. The number of nitrogens with zero attached hydrogens (tertiary/aromatic N) is 1. The first kappa shape index (κ1) is 32.4. The van der Waals surface area contributed by atoms with E-state index in [9.17, 15) is 0 Å². The van der Waals surface area contributed by atoms with Gasteiger partial charge >= 0.3 is 0 Å². The summed E-state index contributed by atoms with van der Waals surface area (Å²) in [5.41, 5.74) is 15.8. The lowest BCUT2D eigenvalue weighted by molar-refractivity contribution is 1.18. The molecule has 0 radical (unpaired) electrons. The highest BCUT2D eigenvalue weighted by Gasteiger charge is 2.16. The average molecular weight is 730 g/mol. The predicted octanol–water partition coefficient (Wildman–Crippen LogP) is 15.5. The van der Waals surface area contributed by atoms with Gasteiger partial charge in [-0.05, 0) is 128 Å². The van der Waals surface area contributed by atoms with Crippen molar-refractivity contribution in [3.8, 4) is 61.3 Å². The maximum atomic E-state index is 2.40. The molecule has 0 spiro atoms. The number of rotatable bonds is 6. The average Bonchev–Trinajstić information content (AvgIpc) is 3.81. The first-order valence-corrected chi connectivity index (χ1v) is 20.0. The fourth-order valence-electron chi connectivity index (χ4n) is 8.39. The summed E-state index contributed by atoms with van der Waals surface area (Å²) < 4.78 is 5.01. The molecule has 1 nitrogen and oxygen atoms in total. The van der Waals surface area contributed by atoms with Crippen LogP contribution in [-0.4, -0.2) is 4.57 Å². The van der Waals surface area contributed by atoms with Crippen molar-refractivity contribution in [1.29, 1.82) is 0 Å². The highest BCUT2D eigenvalue weighted by Crippen LogP contribution is 2.41. The minimum absolute atomic E-state index is 1.17. The summed E-state index contributed by atoms with van der Waals surface area (Å²) in [4.78, 5) is 0. The van der Waals surface area contributed by atoms with Gasteiger partial charge in [-0.25, -0.2) is 0 Å². The van der Waals surface area contributed by atoms with Crippen LogP contribution in [0.3, 0.4) is 0 Å². The summed E-state index contributed by atoms with van der Waals surface area (Å²) >= 11 is 1.87. The number of fused-ring (bicyclic) bond motifs is 6. The van der Waals surface area contributed by atoms with Crippen LogP contribution in [-0.2, 0) is 0 Å². The molecule has 0 unspecified atom stereocenters. The Hall–Kier alpha value is -7.00. The minimum Gasteiger partial charge on any atom is -0.309 e. The van der Waals surface area contributed by atoms with Crippen molar-refractivity contribution >= 4 is 53.3 Å².